The number of carbonyl (C=O) groups is 1. The average Bonchev–Trinajstić information content (AvgIpc) is 3.20. The molecule has 2 aromatic heterocycles. The minimum atomic E-state index is -0.0624. The summed E-state index contributed by atoms with van der Waals surface area (Å²) in [5, 5.41) is 10.5. The van der Waals surface area contributed by atoms with Crippen molar-refractivity contribution < 1.29 is 9.21 Å². The van der Waals surface area contributed by atoms with Crippen molar-refractivity contribution in [1.29, 1.82) is 0 Å². The van der Waals surface area contributed by atoms with Crippen molar-refractivity contribution in [3.63, 3.8) is 0 Å². The van der Waals surface area contributed by atoms with Crippen LogP contribution in [0.25, 0.3) is 0 Å². The third kappa shape index (κ3) is 3.83. The van der Waals surface area contributed by atoms with Gasteiger partial charge in [0.1, 0.15) is 5.76 Å². The number of amides is 1. The minimum Gasteiger partial charge on any atom is -0.469 e. The average molecular weight is 337 g/mol. The molecule has 0 saturated heterocycles. The van der Waals surface area contributed by atoms with Gasteiger partial charge in [0.15, 0.2) is 5.69 Å². The van der Waals surface area contributed by atoms with E-state index in [1.54, 1.807) is 17.2 Å². The standard InChI is InChI=1S/C16H20N4O2.ClH/c1-2-8-20(9-6-12-4-3-10-22-12)16(21)15-13-11-17-7-5-14(13)18-19-15;/h2-4,10,17H,1,5-9,11H2,(H,18,19);1H. The maximum atomic E-state index is 12.8. The van der Waals surface area contributed by atoms with E-state index < -0.39 is 0 Å². The van der Waals surface area contributed by atoms with Gasteiger partial charge in [-0.05, 0) is 12.1 Å². The summed E-state index contributed by atoms with van der Waals surface area (Å²) >= 11 is 0. The Balaban J connectivity index is 0.00000192. The van der Waals surface area contributed by atoms with E-state index in [1.165, 1.54) is 0 Å². The van der Waals surface area contributed by atoms with Crippen LogP contribution in [0.5, 0.6) is 0 Å². The molecule has 7 heteroatoms. The van der Waals surface area contributed by atoms with Crippen LogP contribution >= 0.6 is 12.4 Å². The Morgan fingerprint density at radius 1 is 1.52 bits per heavy atom. The van der Waals surface area contributed by atoms with Crippen molar-refractivity contribution in [2.75, 3.05) is 19.6 Å². The zero-order valence-corrected chi connectivity index (χ0v) is 13.7. The number of halogens is 1. The fraction of sp³-hybridized carbons (Fsp3) is 0.375. The van der Waals surface area contributed by atoms with Gasteiger partial charge >= 0.3 is 0 Å². The molecule has 6 nitrogen and oxygen atoms in total. The van der Waals surface area contributed by atoms with E-state index in [0.29, 0.717) is 31.7 Å². The second-order valence-electron chi connectivity index (χ2n) is 5.33. The Morgan fingerprint density at radius 3 is 3.13 bits per heavy atom. The molecule has 0 atom stereocenters. The Morgan fingerprint density at radius 2 is 2.39 bits per heavy atom. The lowest BCUT2D eigenvalue weighted by Crippen LogP contribution is -2.35. The molecule has 0 fully saturated rings. The highest BCUT2D eigenvalue weighted by atomic mass is 35.5. The molecule has 0 aliphatic carbocycles. The zero-order chi connectivity index (χ0) is 15.4. The molecule has 124 valence electrons. The highest BCUT2D eigenvalue weighted by Crippen LogP contribution is 2.17. The Bertz CT molecular complexity index is 651. The van der Waals surface area contributed by atoms with Gasteiger partial charge in [-0.15, -0.1) is 19.0 Å². The van der Waals surface area contributed by atoms with Crippen molar-refractivity contribution in [2.24, 2.45) is 0 Å². The summed E-state index contributed by atoms with van der Waals surface area (Å²) < 4.78 is 5.33. The summed E-state index contributed by atoms with van der Waals surface area (Å²) in [6, 6.07) is 3.77. The van der Waals surface area contributed by atoms with Crippen LogP contribution in [0, 0.1) is 0 Å². The van der Waals surface area contributed by atoms with Gasteiger partial charge in [-0.1, -0.05) is 6.08 Å². The molecule has 0 saturated carbocycles. The molecule has 1 aliphatic rings. The minimum absolute atomic E-state index is 0. The van der Waals surface area contributed by atoms with Crippen molar-refractivity contribution >= 4 is 18.3 Å². The largest absolute Gasteiger partial charge is 0.469 e. The molecule has 3 rings (SSSR count). The van der Waals surface area contributed by atoms with Gasteiger partial charge < -0.3 is 14.6 Å². The van der Waals surface area contributed by atoms with Gasteiger partial charge in [0, 0.05) is 50.3 Å². The van der Waals surface area contributed by atoms with Crippen LogP contribution in [0.1, 0.15) is 27.5 Å². The highest BCUT2D eigenvalue weighted by Gasteiger charge is 2.25. The van der Waals surface area contributed by atoms with Crippen molar-refractivity contribution in [1.82, 2.24) is 20.4 Å². The van der Waals surface area contributed by atoms with Crippen molar-refractivity contribution in [3.8, 4) is 0 Å². The van der Waals surface area contributed by atoms with Crippen LogP contribution in [0.3, 0.4) is 0 Å². The van der Waals surface area contributed by atoms with Crippen molar-refractivity contribution in [2.45, 2.75) is 19.4 Å². The smallest absolute Gasteiger partial charge is 0.274 e. The number of fused-ring (bicyclic) bond motifs is 1. The molecule has 3 heterocycles. The predicted octanol–water partition coefficient (Wildman–Crippen LogP) is 1.94. The molecule has 23 heavy (non-hydrogen) atoms. The predicted molar refractivity (Wildman–Crippen MR) is 89.8 cm³/mol. The van der Waals surface area contributed by atoms with Gasteiger partial charge in [0.25, 0.3) is 5.91 Å². The third-order valence-electron chi connectivity index (χ3n) is 3.85. The molecule has 0 aromatic carbocycles. The number of aromatic amines is 1. The van der Waals surface area contributed by atoms with Crippen LogP contribution in [0.2, 0.25) is 0 Å². The lowest BCUT2D eigenvalue weighted by atomic mass is 10.1. The molecule has 0 radical (unpaired) electrons. The molecular formula is C16H21ClN4O2. The first-order valence-corrected chi connectivity index (χ1v) is 7.49. The lowest BCUT2D eigenvalue weighted by molar-refractivity contribution is 0.0766. The van der Waals surface area contributed by atoms with E-state index in [-0.39, 0.29) is 18.3 Å². The normalized spacial score (nSPS) is 13.0. The van der Waals surface area contributed by atoms with E-state index in [1.807, 2.05) is 12.1 Å². The Hall–Kier alpha value is -2.05. The molecule has 2 aromatic rings. The van der Waals surface area contributed by atoms with Gasteiger partial charge in [0.05, 0.1) is 6.26 Å². The van der Waals surface area contributed by atoms with Gasteiger partial charge in [-0.2, -0.15) is 5.10 Å². The number of nitrogens with zero attached hydrogens (tertiary/aromatic N) is 2. The number of nitrogens with one attached hydrogen (secondary N) is 2. The topological polar surface area (TPSA) is 74.2 Å². The monoisotopic (exact) mass is 336 g/mol. The first-order valence-electron chi connectivity index (χ1n) is 7.49. The first-order chi connectivity index (χ1) is 10.8. The molecule has 0 spiro atoms. The molecule has 0 unspecified atom stereocenters. The Kier molecular flexibility index (Phi) is 6.01. The van der Waals surface area contributed by atoms with Crippen molar-refractivity contribution in [3.05, 3.63) is 53.8 Å². The summed E-state index contributed by atoms with van der Waals surface area (Å²) in [5.41, 5.74) is 2.57. The number of aromatic nitrogens is 2. The molecular weight excluding hydrogens is 316 g/mol. The second kappa shape index (κ2) is 7.99. The van der Waals surface area contributed by atoms with E-state index in [4.69, 9.17) is 4.42 Å². The number of furan rings is 1. The molecule has 1 aliphatic heterocycles. The van der Waals surface area contributed by atoms with Crippen LogP contribution in [0.4, 0.5) is 0 Å². The lowest BCUT2D eigenvalue weighted by Gasteiger charge is -2.21. The van der Waals surface area contributed by atoms with Crippen LogP contribution < -0.4 is 5.32 Å². The molecule has 1 amide bonds. The quantitative estimate of drug-likeness (QED) is 0.791. The number of hydrogen-bond donors (Lipinski definition) is 2. The highest BCUT2D eigenvalue weighted by molar-refractivity contribution is 5.94. The fourth-order valence-corrected chi connectivity index (χ4v) is 2.68. The number of hydrogen-bond acceptors (Lipinski definition) is 4. The third-order valence-corrected chi connectivity index (χ3v) is 3.85. The number of carbonyl (C=O) groups excluding carboxylic acids is 1. The zero-order valence-electron chi connectivity index (χ0n) is 12.9. The Labute approximate surface area is 141 Å². The van der Waals surface area contributed by atoms with E-state index in [2.05, 4.69) is 22.1 Å². The maximum absolute atomic E-state index is 12.8. The molecule has 2 N–H and O–H groups in total. The van der Waals surface area contributed by atoms with E-state index >= 15 is 0 Å². The van der Waals surface area contributed by atoms with Gasteiger partial charge in [-0.25, -0.2) is 0 Å². The van der Waals surface area contributed by atoms with E-state index in [9.17, 15) is 4.79 Å². The van der Waals surface area contributed by atoms with Crippen LogP contribution in [-0.4, -0.2) is 40.6 Å². The summed E-state index contributed by atoms with van der Waals surface area (Å²) in [4.78, 5) is 14.5. The van der Waals surface area contributed by atoms with E-state index in [0.717, 1.165) is 30.0 Å². The summed E-state index contributed by atoms with van der Waals surface area (Å²) in [6.45, 7) is 6.41. The molecule has 0 bridgehead atoms. The van der Waals surface area contributed by atoms with Crippen LogP contribution in [-0.2, 0) is 19.4 Å². The fourth-order valence-electron chi connectivity index (χ4n) is 2.68. The number of H-pyrrole nitrogens is 1. The second-order valence-corrected chi connectivity index (χ2v) is 5.33. The number of rotatable bonds is 6. The van der Waals surface area contributed by atoms with Gasteiger partial charge in [-0.3, -0.25) is 9.89 Å². The van der Waals surface area contributed by atoms with Crippen LogP contribution in [0.15, 0.2) is 35.5 Å². The summed E-state index contributed by atoms with van der Waals surface area (Å²) in [5.74, 6) is 0.806. The first kappa shape index (κ1) is 17.3. The summed E-state index contributed by atoms with van der Waals surface area (Å²) in [7, 11) is 0. The summed E-state index contributed by atoms with van der Waals surface area (Å²) in [6.07, 6.45) is 4.93. The SMILES string of the molecule is C=CCN(CCc1ccco1)C(=O)c1n[nH]c2c1CNCC2.Cl. The van der Waals surface area contributed by atoms with Gasteiger partial charge in [0.2, 0.25) is 0 Å². The maximum Gasteiger partial charge on any atom is 0.274 e.